The van der Waals surface area contributed by atoms with Crippen LogP contribution in [0.1, 0.15) is 30.4 Å². The van der Waals surface area contributed by atoms with Gasteiger partial charge in [0.25, 0.3) is 0 Å². The van der Waals surface area contributed by atoms with Crippen molar-refractivity contribution in [2.45, 2.75) is 31.7 Å². The van der Waals surface area contributed by atoms with E-state index in [0.717, 1.165) is 13.1 Å². The Morgan fingerprint density at radius 1 is 1.24 bits per heavy atom. The van der Waals surface area contributed by atoms with Gasteiger partial charge in [0.15, 0.2) is 0 Å². The molecule has 1 unspecified atom stereocenters. The van der Waals surface area contributed by atoms with Crippen molar-refractivity contribution in [2.75, 3.05) is 27.2 Å². The number of hydrogen-bond donors (Lipinski definition) is 1. The standard InChI is InChI=1S/C15H24N2/c1-13-8-4-5-9-14(13)15(12-17(2)3)10-6-7-11-16-15/h4-5,8-9,16H,6-7,10-12H2,1-3H3. The van der Waals surface area contributed by atoms with Gasteiger partial charge in [-0.3, -0.25) is 0 Å². The van der Waals surface area contributed by atoms with Crippen molar-refractivity contribution in [1.29, 1.82) is 0 Å². The van der Waals surface area contributed by atoms with Crippen LogP contribution in [0.2, 0.25) is 0 Å². The average molecular weight is 232 g/mol. The largest absolute Gasteiger partial charge is 0.307 e. The van der Waals surface area contributed by atoms with Gasteiger partial charge in [-0.2, -0.15) is 0 Å². The van der Waals surface area contributed by atoms with E-state index in [0.29, 0.717) is 0 Å². The van der Waals surface area contributed by atoms with Gasteiger partial charge in [-0.25, -0.2) is 0 Å². The van der Waals surface area contributed by atoms with E-state index in [1.165, 1.54) is 30.4 Å². The number of benzene rings is 1. The first kappa shape index (κ1) is 12.6. The second-order valence-corrected chi connectivity index (χ2v) is 5.52. The molecule has 1 aliphatic heterocycles. The molecule has 1 N–H and O–H groups in total. The Morgan fingerprint density at radius 3 is 2.59 bits per heavy atom. The maximum Gasteiger partial charge on any atom is 0.0565 e. The molecule has 0 radical (unpaired) electrons. The number of hydrogen-bond acceptors (Lipinski definition) is 2. The van der Waals surface area contributed by atoms with Crippen molar-refractivity contribution in [2.24, 2.45) is 0 Å². The van der Waals surface area contributed by atoms with Crippen LogP contribution in [-0.2, 0) is 5.54 Å². The summed E-state index contributed by atoms with van der Waals surface area (Å²) in [6.45, 7) is 4.45. The Bertz CT molecular complexity index is 365. The summed E-state index contributed by atoms with van der Waals surface area (Å²) in [6, 6.07) is 8.81. The summed E-state index contributed by atoms with van der Waals surface area (Å²) in [5, 5.41) is 3.78. The Balaban J connectivity index is 2.35. The number of nitrogens with zero attached hydrogens (tertiary/aromatic N) is 1. The molecule has 0 aliphatic carbocycles. The lowest BCUT2D eigenvalue weighted by molar-refractivity contribution is 0.189. The predicted octanol–water partition coefficient (Wildman–Crippen LogP) is 2.53. The third-order valence-electron chi connectivity index (χ3n) is 3.74. The van der Waals surface area contributed by atoms with E-state index >= 15 is 0 Å². The molecule has 1 aliphatic rings. The van der Waals surface area contributed by atoms with E-state index in [-0.39, 0.29) is 5.54 Å². The minimum atomic E-state index is 0.160. The van der Waals surface area contributed by atoms with Gasteiger partial charge in [-0.15, -0.1) is 0 Å². The smallest absolute Gasteiger partial charge is 0.0565 e. The van der Waals surface area contributed by atoms with Crippen LogP contribution in [0.15, 0.2) is 24.3 Å². The molecular weight excluding hydrogens is 208 g/mol. The van der Waals surface area contributed by atoms with Crippen LogP contribution in [0, 0.1) is 6.92 Å². The summed E-state index contributed by atoms with van der Waals surface area (Å²) < 4.78 is 0. The van der Waals surface area contributed by atoms with Gasteiger partial charge in [0, 0.05) is 6.54 Å². The molecule has 17 heavy (non-hydrogen) atoms. The molecule has 94 valence electrons. The van der Waals surface area contributed by atoms with Crippen LogP contribution in [-0.4, -0.2) is 32.1 Å². The highest BCUT2D eigenvalue weighted by Gasteiger charge is 2.34. The van der Waals surface area contributed by atoms with Gasteiger partial charge in [-0.05, 0) is 58.0 Å². The first-order chi connectivity index (χ1) is 8.14. The highest BCUT2D eigenvalue weighted by atomic mass is 15.1. The first-order valence-corrected chi connectivity index (χ1v) is 6.60. The highest BCUT2D eigenvalue weighted by molar-refractivity contribution is 5.33. The molecule has 0 aromatic heterocycles. The molecule has 1 atom stereocenters. The van der Waals surface area contributed by atoms with Gasteiger partial charge in [0.1, 0.15) is 0 Å². The van der Waals surface area contributed by atoms with Crippen molar-refractivity contribution in [1.82, 2.24) is 10.2 Å². The van der Waals surface area contributed by atoms with Gasteiger partial charge in [0.2, 0.25) is 0 Å². The lowest BCUT2D eigenvalue weighted by atomic mass is 9.80. The number of rotatable bonds is 3. The van der Waals surface area contributed by atoms with E-state index < -0.39 is 0 Å². The highest BCUT2D eigenvalue weighted by Crippen LogP contribution is 2.32. The third-order valence-corrected chi connectivity index (χ3v) is 3.74. The molecule has 2 nitrogen and oxygen atoms in total. The van der Waals surface area contributed by atoms with Gasteiger partial charge in [-0.1, -0.05) is 24.3 Å². The van der Waals surface area contributed by atoms with E-state index in [1.807, 2.05) is 0 Å². The van der Waals surface area contributed by atoms with E-state index in [9.17, 15) is 0 Å². The Kier molecular flexibility index (Phi) is 3.85. The van der Waals surface area contributed by atoms with Crippen LogP contribution in [0.5, 0.6) is 0 Å². The summed E-state index contributed by atoms with van der Waals surface area (Å²) in [7, 11) is 4.33. The summed E-state index contributed by atoms with van der Waals surface area (Å²) >= 11 is 0. The fraction of sp³-hybridized carbons (Fsp3) is 0.600. The molecule has 0 spiro atoms. The average Bonchev–Trinajstić information content (AvgIpc) is 2.29. The lowest BCUT2D eigenvalue weighted by Crippen LogP contribution is -2.52. The molecule has 1 fully saturated rings. The van der Waals surface area contributed by atoms with Crippen LogP contribution >= 0.6 is 0 Å². The fourth-order valence-corrected chi connectivity index (χ4v) is 3.07. The monoisotopic (exact) mass is 232 g/mol. The zero-order chi connectivity index (χ0) is 12.3. The van der Waals surface area contributed by atoms with Crippen molar-refractivity contribution >= 4 is 0 Å². The zero-order valence-electron chi connectivity index (χ0n) is 11.3. The first-order valence-electron chi connectivity index (χ1n) is 6.60. The molecule has 1 saturated heterocycles. The second kappa shape index (κ2) is 5.19. The van der Waals surface area contributed by atoms with Crippen LogP contribution in [0.3, 0.4) is 0 Å². The van der Waals surface area contributed by atoms with Gasteiger partial charge < -0.3 is 10.2 Å². The summed E-state index contributed by atoms with van der Waals surface area (Å²) in [6.07, 6.45) is 3.88. The molecule has 0 bridgehead atoms. The third kappa shape index (κ3) is 2.70. The number of piperidine rings is 1. The second-order valence-electron chi connectivity index (χ2n) is 5.52. The minimum absolute atomic E-state index is 0.160. The Hall–Kier alpha value is -0.860. The number of nitrogens with one attached hydrogen (secondary N) is 1. The van der Waals surface area contributed by atoms with E-state index in [4.69, 9.17) is 0 Å². The Morgan fingerprint density at radius 2 is 2.00 bits per heavy atom. The quantitative estimate of drug-likeness (QED) is 0.861. The SMILES string of the molecule is Cc1ccccc1C1(CN(C)C)CCCCN1. The predicted molar refractivity (Wildman–Crippen MR) is 73.3 cm³/mol. The summed E-state index contributed by atoms with van der Waals surface area (Å²) in [5.41, 5.74) is 3.05. The molecule has 2 heteroatoms. The van der Waals surface area contributed by atoms with E-state index in [2.05, 4.69) is 55.5 Å². The molecule has 0 amide bonds. The lowest BCUT2D eigenvalue weighted by Gasteiger charge is -2.41. The fourth-order valence-electron chi connectivity index (χ4n) is 3.07. The minimum Gasteiger partial charge on any atom is -0.307 e. The topological polar surface area (TPSA) is 15.3 Å². The van der Waals surface area contributed by atoms with E-state index in [1.54, 1.807) is 0 Å². The molecule has 2 rings (SSSR count). The van der Waals surface area contributed by atoms with Crippen molar-refractivity contribution in [3.63, 3.8) is 0 Å². The van der Waals surface area contributed by atoms with Gasteiger partial charge >= 0.3 is 0 Å². The van der Waals surface area contributed by atoms with Crippen molar-refractivity contribution < 1.29 is 0 Å². The molecule has 1 aromatic rings. The Labute approximate surface area is 105 Å². The zero-order valence-corrected chi connectivity index (χ0v) is 11.3. The molecule has 1 aromatic carbocycles. The normalized spacial score (nSPS) is 25.2. The van der Waals surface area contributed by atoms with Crippen molar-refractivity contribution in [3.8, 4) is 0 Å². The van der Waals surface area contributed by atoms with Gasteiger partial charge in [0.05, 0.1) is 5.54 Å². The van der Waals surface area contributed by atoms with Crippen LogP contribution in [0.25, 0.3) is 0 Å². The maximum absolute atomic E-state index is 3.78. The molecular formula is C15H24N2. The summed E-state index contributed by atoms with van der Waals surface area (Å²) in [4.78, 5) is 2.30. The molecule has 0 saturated carbocycles. The summed E-state index contributed by atoms with van der Waals surface area (Å²) in [5.74, 6) is 0. The maximum atomic E-state index is 3.78. The number of likely N-dealkylation sites (N-methyl/N-ethyl adjacent to an activating group) is 1. The van der Waals surface area contributed by atoms with Crippen molar-refractivity contribution in [3.05, 3.63) is 35.4 Å². The van der Waals surface area contributed by atoms with Crippen LogP contribution < -0.4 is 5.32 Å². The number of aryl methyl sites for hydroxylation is 1. The molecule has 1 heterocycles. The van der Waals surface area contributed by atoms with Crippen LogP contribution in [0.4, 0.5) is 0 Å².